The van der Waals surface area contributed by atoms with Gasteiger partial charge in [0, 0.05) is 13.1 Å². The summed E-state index contributed by atoms with van der Waals surface area (Å²) in [5, 5.41) is 0. The summed E-state index contributed by atoms with van der Waals surface area (Å²) in [6.07, 6.45) is 8.99. The number of rotatable bonds is 3. The first-order valence-corrected chi connectivity index (χ1v) is 6.51. The fourth-order valence-electron chi connectivity index (χ4n) is 2.70. The molecule has 2 fully saturated rings. The fraction of sp³-hybridized carbons (Fsp3) is 0.692. The van der Waals surface area contributed by atoms with Crippen LogP contribution in [0, 0.1) is 5.41 Å². The number of piperidine rings is 1. The van der Waals surface area contributed by atoms with E-state index in [1.54, 1.807) is 6.20 Å². The van der Waals surface area contributed by atoms with Crippen molar-refractivity contribution in [2.24, 2.45) is 5.41 Å². The Morgan fingerprint density at radius 2 is 2.24 bits per heavy atom. The second-order valence-corrected chi connectivity index (χ2v) is 5.17. The van der Waals surface area contributed by atoms with Crippen LogP contribution in [0.1, 0.15) is 32.6 Å². The summed E-state index contributed by atoms with van der Waals surface area (Å²) in [7, 11) is 0. The van der Waals surface area contributed by atoms with Crippen molar-refractivity contribution in [3.05, 3.63) is 12.4 Å². The van der Waals surface area contributed by atoms with Gasteiger partial charge in [-0.1, -0.05) is 0 Å². The van der Waals surface area contributed by atoms with E-state index < -0.39 is 0 Å². The van der Waals surface area contributed by atoms with Crippen LogP contribution in [-0.2, 0) is 0 Å². The standard InChI is InChI=1S/C13H19N3O/c1-2-17-12-9-14-8-11(15-12)16-7-3-4-13(10-16)5-6-13/h8-9H,2-7,10H2,1H3. The van der Waals surface area contributed by atoms with Gasteiger partial charge in [-0.15, -0.1) is 0 Å². The molecule has 1 aliphatic carbocycles. The molecule has 0 aromatic carbocycles. The first-order valence-electron chi connectivity index (χ1n) is 6.51. The smallest absolute Gasteiger partial charge is 0.234 e. The molecule has 1 spiro atoms. The Kier molecular flexibility index (Phi) is 2.65. The third-order valence-electron chi connectivity index (χ3n) is 3.83. The minimum atomic E-state index is 0.613. The van der Waals surface area contributed by atoms with Gasteiger partial charge >= 0.3 is 0 Å². The Balaban J connectivity index is 1.76. The van der Waals surface area contributed by atoms with Crippen molar-refractivity contribution in [2.75, 3.05) is 24.6 Å². The van der Waals surface area contributed by atoms with Gasteiger partial charge in [-0.05, 0) is 38.0 Å². The Bertz CT molecular complexity index is 403. The molecule has 4 heteroatoms. The Morgan fingerprint density at radius 3 is 3.00 bits per heavy atom. The first kappa shape index (κ1) is 10.8. The highest BCUT2D eigenvalue weighted by Gasteiger charge is 2.45. The van der Waals surface area contributed by atoms with E-state index in [1.807, 2.05) is 13.1 Å². The van der Waals surface area contributed by atoms with Crippen molar-refractivity contribution in [3.63, 3.8) is 0 Å². The zero-order chi connectivity index (χ0) is 11.7. The summed E-state index contributed by atoms with van der Waals surface area (Å²) in [6, 6.07) is 0. The van der Waals surface area contributed by atoms with Crippen molar-refractivity contribution in [1.29, 1.82) is 0 Å². The Labute approximate surface area is 102 Å². The summed E-state index contributed by atoms with van der Waals surface area (Å²) in [5.41, 5.74) is 0.613. The lowest BCUT2D eigenvalue weighted by atomic mass is 9.95. The topological polar surface area (TPSA) is 38.2 Å². The van der Waals surface area contributed by atoms with E-state index in [-0.39, 0.29) is 0 Å². The number of nitrogens with zero attached hydrogens (tertiary/aromatic N) is 3. The molecule has 0 amide bonds. The van der Waals surface area contributed by atoms with Crippen molar-refractivity contribution >= 4 is 5.82 Å². The van der Waals surface area contributed by atoms with Gasteiger partial charge in [0.15, 0.2) is 5.82 Å². The average Bonchev–Trinajstić information content (AvgIpc) is 3.09. The first-order chi connectivity index (χ1) is 8.31. The van der Waals surface area contributed by atoms with Crippen molar-refractivity contribution in [3.8, 4) is 5.88 Å². The molecular weight excluding hydrogens is 214 g/mol. The van der Waals surface area contributed by atoms with Gasteiger partial charge in [-0.25, -0.2) is 0 Å². The Morgan fingerprint density at radius 1 is 1.35 bits per heavy atom. The molecule has 1 aliphatic heterocycles. The number of hydrogen-bond acceptors (Lipinski definition) is 4. The van der Waals surface area contributed by atoms with Crippen LogP contribution < -0.4 is 9.64 Å². The SMILES string of the molecule is CCOc1cncc(N2CCCC3(CC3)C2)n1. The van der Waals surface area contributed by atoms with E-state index in [2.05, 4.69) is 14.9 Å². The molecule has 0 unspecified atom stereocenters. The number of hydrogen-bond donors (Lipinski definition) is 0. The Hall–Kier alpha value is -1.32. The second kappa shape index (κ2) is 4.17. The molecule has 2 heterocycles. The zero-order valence-electron chi connectivity index (χ0n) is 10.4. The van der Waals surface area contributed by atoms with Gasteiger partial charge in [0.25, 0.3) is 0 Å². The summed E-state index contributed by atoms with van der Waals surface area (Å²) in [6.45, 7) is 4.86. The maximum absolute atomic E-state index is 5.40. The normalized spacial score (nSPS) is 21.6. The quantitative estimate of drug-likeness (QED) is 0.802. The predicted octanol–water partition coefficient (Wildman–Crippen LogP) is 2.26. The fourth-order valence-corrected chi connectivity index (χ4v) is 2.70. The third-order valence-corrected chi connectivity index (χ3v) is 3.83. The minimum absolute atomic E-state index is 0.613. The summed E-state index contributed by atoms with van der Waals surface area (Å²) < 4.78 is 5.40. The molecule has 1 aromatic heterocycles. The second-order valence-electron chi connectivity index (χ2n) is 5.17. The molecule has 92 valence electrons. The van der Waals surface area contributed by atoms with Crippen LogP contribution in [0.2, 0.25) is 0 Å². The maximum atomic E-state index is 5.40. The largest absolute Gasteiger partial charge is 0.477 e. The molecule has 3 rings (SSSR count). The lowest BCUT2D eigenvalue weighted by molar-refractivity contribution is 0.324. The van der Waals surface area contributed by atoms with Gasteiger partial charge in [-0.3, -0.25) is 4.98 Å². The number of anilines is 1. The van der Waals surface area contributed by atoms with Gasteiger partial charge in [-0.2, -0.15) is 4.98 Å². The van der Waals surface area contributed by atoms with Gasteiger partial charge in [0.1, 0.15) is 0 Å². The van der Waals surface area contributed by atoms with E-state index in [4.69, 9.17) is 4.74 Å². The third kappa shape index (κ3) is 2.21. The van der Waals surface area contributed by atoms with E-state index in [1.165, 1.54) is 25.7 Å². The monoisotopic (exact) mass is 233 g/mol. The van der Waals surface area contributed by atoms with Crippen LogP contribution in [0.5, 0.6) is 5.88 Å². The highest BCUT2D eigenvalue weighted by molar-refractivity contribution is 5.39. The van der Waals surface area contributed by atoms with Crippen LogP contribution >= 0.6 is 0 Å². The van der Waals surface area contributed by atoms with Crippen molar-refractivity contribution in [1.82, 2.24) is 9.97 Å². The van der Waals surface area contributed by atoms with Crippen LogP contribution in [0.4, 0.5) is 5.82 Å². The molecule has 0 N–H and O–H groups in total. The minimum Gasteiger partial charge on any atom is -0.477 e. The summed E-state index contributed by atoms with van der Waals surface area (Å²) in [4.78, 5) is 11.1. The molecule has 0 atom stereocenters. The lowest BCUT2D eigenvalue weighted by Gasteiger charge is -2.33. The maximum Gasteiger partial charge on any atom is 0.234 e. The van der Waals surface area contributed by atoms with E-state index in [0.717, 1.165) is 18.9 Å². The highest BCUT2D eigenvalue weighted by atomic mass is 16.5. The van der Waals surface area contributed by atoms with Gasteiger partial charge in [0.2, 0.25) is 5.88 Å². The molecule has 1 saturated carbocycles. The zero-order valence-corrected chi connectivity index (χ0v) is 10.4. The lowest BCUT2D eigenvalue weighted by Crippen LogP contribution is -2.37. The molecule has 1 saturated heterocycles. The summed E-state index contributed by atoms with van der Waals surface area (Å²) >= 11 is 0. The van der Waals surface area contributed by atoms with Crippen LogP contribution in [0.3, 0.4) is 0 Å². The molecule has 2 aliphatic rings. The van der Waals surface area contributed by atoms with Gasteiger partial charge in [0.05, 0.1) is 19.0 Å². The summed E-state index contributed by atoms with van der Waals surface area (Å²) in [5.74, 6) is 1.61. The molecule has 17 heavy (non-hydrogen) atoms. The van der Waals surface area contributed by atoms with Crippen molar-refractivity contribution in [2.45, 2.75) is 32.6 Å². The molecule has 0 radical (unpaired) electrons. The number of ether oxygens (including phenoxy) is 1. The van der Waals surface area contributed by atoms with Crippen LogP contribution in [0.15, 0.2) is 12.4 Å². The molecule has 4 nitrogen and oxygen atoms in total. The highest BCUT2D eigenvalue weighted by Crippen LogP contribution is 2.52. The van der Waals surface area contributed by atoms with Crippen LogP contribution in [0.25, 0.3) is 0 Å². The molecular formula is C13H19N3O. The van der Waals surface area contributed by atoms with Crippen molar-refractivity contribution < 1.29 is 4.74 Å². The molecule has 0 bridgehead atoms. The number of aromatic nitrogens is 2. The average molecular weight is 233 g/mol. The molecule has 1 aromatic rings. The van der Waals surface area contributed by atoms with E-state index in [9.17, 15) is 0 Å². The van der Waals surface area contributed by atoms with Gasteiger partial charge < -0.3 is 9.64 Å². The van der Waals surface area contributed by atoms with E-state index in [0.29, 0.717) is 17.9 Å². The van der Waals surface area contributed by atoms with Crippen LogP contribution in [-0.4, -0.2) is 29.7 Å². The van der Waals surface area contributed by atoms with E-state index >= 15 is 0 Å². The predicted molar refractivity (Wildman–Crippen MR) is 66.3 cm³/mol.